The van der Waals surface area contributed by atoms with Crippen LogP contribution in [0.25, 0.3) is 0 Å². The molecule has 1 spiro atoms. The van der Waals surface area contributed by atoms with Gasteiger partial charge in [0.2, 0.25) is 11.5 Å². The molecule has 4 nitrogen and oxygen atoms in total. The molecule has 116 valence electrons. The van der Waals surface area contributed by atoms with Gasteiger partial charge in [0, 0.05) is 17.9 Å². The fraction of sp³-hybridized carbons (Fsp3) is 0.611. The summed E-state index contributed by atoms with van der Waals surface area (Å²) < 4.78 is 11.1. The maximum atomic E-state index is 13.1. The van der Waals surface area contributed by atoms with Crippen molar-refractivity contribution in [1.29, 1.82) is 0 Å². The highest BCUT2D eigenvalue weighted by atomic mass is 16.5. The first-order chi connectivity index (χ1) is 10.6. The van der Waals surface area contributed by atoms with Gasteiger partial charge in [-0.05, 0) is 31.7 Å². The van der Waals surface area contributed by atoms with Crippen molar-refractivity contribution in [2.24, 2.45) is 23.2 Å². The van der Waals surface area contributed by atoms with Gasteiger partial charge < -0.3 is 9.47 Å². The fourth-order valence-electron chi connectivity index (χ4n) is 5.83. The smallest absolute Gasteiger partial charge is 0.205 e. The molecular formula is C18H21NO3. The molecule has 0 N–H and O–H groups in total. The molecular weight excluding hydrogens is 278 g/mol. The molecule has 0 aromatic rings. The van der Waals surface area contributed by atoms with Gasteiger partial charge in [0.1, 0.15) is 0 Å². The minimum Gasteiger partial charge on any atom is -0.494 e. The van der Waals surface area contributed by atoms with Gasteiger partial charge in [0.15, 0.2) is 11.3 Å². The number of hydrogen-bond acceptors (Lipinski definition) is 4. The van der Waals surface area contributed by atoms with Crippen molar-refractivity contribution in [2.45, 2.75) is 18.4 Å². The lowest BCUT2D eigenvalue weighted by Gasteiger charge is -2.53. The topological polar surface area (TPSA) is 38.8 Å². The van der Waals surface area contributed by atoms with E-state index in [1.54, 1.807) is 7.11 Å². The third-order valence-electron chi connectivity index (χ3n) is 6.53. The van der Waals surface area contributed by atoms with Crippen LogP contribution in [0, 0.1) is 35.5 Å². The van der Waals surface area contributed by atoms with Crippen LogP contribution in [0.3, 0.4) is 0 Å². The van der Waals surface area contributed by atoms with E-state index in [0.717, 1.165) is 19.4 Å². The maximum absolute atomic E-state index is 13.1. The molecule has 22 heavy (non-hydrogen) atoms. The van der Waals surface area contributed by atoms with Crippen molar-refractivity contribution in [3.05, 3.63) is 23.7 Å². The zero-order valence-electron chi connectivity index (χ0n) is 13.3. The summed E-state index contributed by atoms with van der Waals surface area (Å²) in [6.07, 6.45) is 12.5. The molecule has 1 aliphatic heterocycles. The highest BCUT2D eigenvalue weighted by molar-refractivity contribution is 6.00. The lowest BCUT2D eigenvalue weighted by Crippen LogP contribution is -2.62. The minimum absolute atomic E-state index is 0.0670. The number of fused-ring (bicyclic) bond motifs is 3. The van der Waals surface area contributed by atoms with Crippen molar-refractivity contribution in [3.63, 3.8) is 0 Å². The number of rotatable bonds is 2. The number of ketones is 1. The zero-order chi connectivity index (χ0) is 15.7. The lowest BCUT2D eigenvalue weighted by molar-refractivity contribution is -0.133. The van der Waals surface area contributed by atoms with E-state index in [1.807, 2.05) is 7.05 Å². The average molecular weight is 299 g/mol. The Morgan fingerprint density at radius 3 is 2.77 bits per heavy atom. The number of likely N-dealkylation sites (tertiary alicyclic amines) is 1. The molecule has 4 rings (SSSR count). The zero-order valence-corrected chi connectivity index (χ0v) is 13.3. The fourth-order valence-corrected chi connectivity index (χ4v) is 5.83. The van der Waals surface area contributed by atoms with Crippen LogP contribution in [0.1, 0.15) is 12.8 Å². The Balaban J connectivity index is 2.07. The summed E-state index contributed by atoms with van der Waals surface area (Å²) in [5, 5.41) is 0. The van der Waals surface area contributed by atoms with E-state index in [1.165, 1.54) is 7.11 Å². The van der Waals surface area contributed by atoms with E-state index in [9.17, 15) is 4.79 Å². The first-order valence-corrected chi connectivity index (χ1v) is 7.82. The third-order valence-corrected chi connectivity index (χ3v) is 6.53. The van der Waals surface area contributed by atoms with Crippen LogP contribution in [0.4, 0.5) is 0 Å². The molecule has 0 unspecified atom stereocenters. The molecule has 0 amide bonds. The largest absolute Gasteiger partial charge is 0.494 e. The van der Waals surface area contributed by atoms with E-state index >= 15 is 0 Å². The molecule has 4 aliphatic rings. The van der Waals surface area contributed by atoms with Crippen LogP contribution >= 0.6 is 0 Å². The van der Waals surface area contributed by atoms with Crippen LogP contribution in [0.15, 0.2) is 23.7 Å². The molecule has 3 aliphatic carbocycles. The summed E-state index contributed by atoms with van der Waals surface area (Å²) >= 11 is 0. The van der Waals surface area contributed by atoms with Crippen LogP contribution in [-0.2, 0) is 14.3 Å². The van der Waals surface area contributed by atoms with Crippen LogP contribution in [0.2, 0.25) is 0 Å². The van der Waals surface area contributed by atoms with Gasteiger partial charge in [-0.15, -0.1) is 6.42 Å². The Labute approximate surface area is 131 Å². The molecule has 4 heteroatoms. The van der Waals surface area contributed by atoms with E-state index in [4.69, 9.17) is 15.9 Å². The monoisotopic (exact) mass is 299 g/mol. The maximum Gasteiger partial charge on any atom is 0.205 e. The number of terminal acetylenes is 1. The number of methoxy groups -OCH3 is 2. The van der Waals surface area contributed by atoms with Gasteiger partial charge in [0.25, 0.3) is 0 Å². The summed E-state index contributed by atoms with van der Waals surface area (Å²) in [6.45, 7) is 0.870. The molecule has 2 bridgehead atoms. The number of ether oxygens (including phenoxy) is 2. The standard InChI is InChI=1S/C18H21NO3/c1-5-18-16(22-4)15(21-3)14(20)13-11-6-7-12(10-11)17(13,18)8-9-19(18)2/h1,6-7,11-13H,8-10H2,2-4H3/t11-,12+,13+,17+,18+/m0/s1. The van der Waals surface area contributed by atoms with E-state index in [-0.39, 0.29) is 23.0 Å². The molecule has 0 radical (unpaired) electrons. The Kier molecular flexibility index (Phi) is 2.64. The summed E-state index contributed by atoms with van der Waals surface area (Å²) in [6, 6.07) is 0. The van der Waals surface area contributed by atoms with Gasteiger partial charge in [-0.2, -0.15) is 0 Å². The van der Waals surface area contributed by atoms with Crippen LogP contribution in [0.5, 0.6) is 0 Å². The van der Waals surface area contributed by atoms with Crippen molar-refractivity contribution >= 4 is 5.78 Å². The summed E-state index contributed by atoms with van der Waals surface area (Å²) in [5.74, 6) is 4.48. The Hall–Kier alpha value is -1.73. The molecule has 0 aromatic carbocycles. The SMILES string of the molecule is C#C[C@@]12C(OC)=C(OC)C(=O)[C@H]3[C@H]4C=C[C@H](C4)[C@]31CCN2C. The Morgan fingerprint density at radius 1 is 1.36 bits per heavy atom. The van der Waals surface area contributed by atoms with Gasteiger partial charge >= 0.3 is 0 Å². The van der Waals surface area contributed by atoms with Crippen LogP contribution < -0.4 is 0 Å². The Bertz CT molecular complexity index is 658. The van der Waals surface area contributed by atoms with Crippen molar-refractivity contribution in [2.75, 3.05) is 27.8 Å². The molecule has 5 atom stereocenters. The first kappa shape index (κ1) is 13.9. The lowest BCUT2D eigenvalue weighted by atomic mass is 9.53. The van der Waals surface area contributed by atoms with E-state index in [0.29, 0.717) is 17.4 Å². The number of carbonyl (C=O) groups excluding carboxylic acids is 1. The summed E-state index contributed by atoms with van der Waals surface area (Å²) in [5.41, 5.74) is -0.934. The Morgan fingerprint density at radius 2 is 2.14 bits per heavy atom. The van der Waals surface area contributed by atoms with Gasteiger partial charge in [-0.25, -0.2) is 0 Å². The highest BCUT2D eigenvalue weighted by Gasteiger charge is 2.75. The van der Waals surface area contributed by atoms with Gasteiger partial charge in [-0.1, -0.05) is 18.1 Å². The number of allylic oxidation sites excluding steroid dienone is 3. The number of nitrogens with zero attached hydrogens (tertiary/aromatic N) is 1. The van der Waals surface area contributed by atoms with E-state index < -0.39 is 5.54 Å². The molecule has 0 aromatic heterocycles. The summed E-state index contributed by atoms with van der Waals surface area (Å²) in [7, 11) is 5.15. The first-order valence-electron chi connectivity index (χ1n) is 7.82. The second kappa shape index (κ2) is 4.17. The molecule has 1 saturated heterocycles. The number of hydrogen-bond donors (Lipinski definition) is 0. The second-order valence-corrected chi connectivity index (χ2v) is 6.87. The van der Waals surface area contributed by atoms with Gasteiger partial charge in [0.05, 0.1) is 14.2 Å². The van der Waals surface area contributed by atoms with Gasteiger partial charge in [-0.3, -0.25) is 9.69 Å². The van der Waals surface area contributed by atoms with E-state index in [2.05, 4.69) is 23.0 Å². The third kappa shape index (κ3) is 1.14. The number of Topliss-reactive ketones (excluding diaryl/α,β-unsaturated/α-hetero) is 1. The van der Waals surface area contributed by atoms with Crippen molar-refractivity contribution in [1.82, 2.24) is 4.90 Å². The normalized spacial score (nSPS) is 45.7. The summed E-state index contributed by atoms with van der Waals surface area (Å²) in [4.78, 5) is 15.3. The minimum atomic E-state index is -0.685. The molecule has 2 fully saturated rings. The highest BCUT2D eigenvalue weighted by Crippen LogP contribution is 2.70. The molecule has 1 saturated carbocycles. The number of carbonyl (C=O) groups is 1. The average Bonchev–Trinajstić information content (AvgIpc) is 3.19. The predicted molar refractivity (Wildman–Crippen MR) is 81.5 cm³/mol. The van der Waals surface area contributed by atoms with Crippen molar-refractivity contribution < 1.29 is 14.3 Å². The quantitative estimate of drug-likeness (QED) is 0.573. The molecule has 1 heterocycles. The number of likely N-dealkylation sites (N-methyl/N-ethyl adjacent to an activating group) is 1. The predicted octanol–water partition coefficient (Wildman–Crippen LogP) is 1.59. The second-order valence-electron chi connectivity index (χ2n) is 6.87. The van der Waals surface area contributed by atoms with Crippen molar-refractivity contribution in [3.8, 4) is 12.3 Å². The van der Waals surface area contributed by atoms with Crippen LogP contribution in [-0.4, -0.2) is 44.0 Å².